The third kappa shape index (κ3) is 6.78. The largest absolute Gasteiger partial charge is 0.481 e. The Kier molecular flexibility index (Phi) is 7.05. The van der Waals surface area contributed by atoms with Gasteiger partial charge in [-0.15, -0.1) is 0 Å². The van der Waals surface area contributed by atoms with Crippen LogP contribution in [-0.4, -0.2) is 11.1 Å². The van der Waals surface area contributed by atoms with E-state index in [0.29, 0.717) is 5.57 Å². The van der Waals surface area contributed by atoms with E-state index >= 15 is 0 Å². The van der Waals surface area contributed by atoms with Crippen molar-refractivity contribution < 1.29 is 9.90 Å². The molecule has 0 fully saturated rings. The minimum atomic E-state index is -0.960. The Labute approximate surface area is 72.1 Å². The number of hydrogen-bond acceptors (Lipinski definition) is 3. The molecule has 0 aliphatic heterocycles. The Morgan fingerprint density at radius 3 is 2.42 bits per heavy atom. The predicted octanol–water partition coefficient (Wildman–Crippen LogP) is 1.73. The van der Waals surface area contributed by atoms with Crippen LogP contribution in [0.4, 0.5) is 0 Å². The van der Waals surface area contributed by atoms with Gasteiger partial charge in [0, 0.05) is 5.57 Å². The molecule has 0 amide bonds. The van der Waals surface area contributed by atoms with Gasteiger partial charge in [0.05, 0.1) is 12.5 Å². The van der Waals surface area contributed by atoms with Gasteiger partial charge in [0.1, 0.15) is 0 Å². The average molecular weight is 170 g/mol. The molecule has 0 aromatic heterocycles. The molecule has 4 N–H and O–H groups in total. The summed E-state index contributed by atoms with van der Waals surface area (Å²) in [7, 11) is 0. The van der Waals surface area contributed by atoms with Crippen molar-refractivity contribution in [2.45, 2.75) is 20.3 Å². The third-order valence-electron chi connectivity index (χ3n) is 1.02. The maximum Gasteiger partial charge on any atom is 0.308 e. The first-order valence-electron chi connectivity index (χ1n) is 3.39. The smallest absolute Gasteiger partial charge is 0.308 e. The van der Waals surface area contributed by atoms with E-state index in [2.05, 4.69) is 0 Å². The highest BCUT2D eigenvalue weighted by atomic mass is 16.4. The third-order valence-corrected chi connectivity index (χ3v) is 1.02. The summed E-state index contributed by atoms with van der Waals surface area (Å²) in [6, 6.07) is 1.84. The molecule has 0 radical (unpaired) electrons. The number of aliphatic carboxylic acids is 1. The van der Waals surface area contributed by atoms with Crippen molar-refractivity contribution in [3.05, 3.63) is 11.6 Å². The lowest BCUT2D eigenvalue weighted by molar-refractivity contribution is -0.136. The molecule has 4 nitrogen and oxygen atoms in total. The van der Waals surface area contributed by atoms with Crippen LogP contribution in [0.1, 0.15) is 20.3 Å². The fourth-order valence-corrected chi connectivity index (χ4v) is 0.701. The maximum atomic E-state index is 10.2. The highest BCUT2D eigenvalue weighted by Gasteiger charge is 2.02. The molecule has 12 heavy (non-hydrogen) atoms. The van der Waals surface area contributed by atoms with Crippen LogP contribution in [0, 0.1) is 17.2 Å². The van der Waals surface area contributed by atoms with E-state index in [9.17, 15) is 4.79 Å². The monoisotopic (exact) mass is 170 g/mol. The van der Waals surface area contributed by atoms with Crippen LogP contribution < -0.4 is 6.15 Å². The number of allylic oxidation sites excluding steroid dienone is 1. The minimum Gasteiger partial charge on any atom is -0.481 e. The molecule has 0 heterocycles. The Morgan fingerprint density at radius 1 is 1.67 bits per heavy atom. The first-order chi connectivity index (χ1) is 5.06. The highest BCUT2D eigenvalue weighted by Crippen LogP contribution is 2.04. The van der Waals surface area contributed by atoms with Gasteiger partial charge in [-0.05, 0) is 5.92 Å². The predicted molar refractivity (Wildman–Crippen MR) is 45.8 cm³/mol. The van der Waals surface area contributed by atoms with Crippen LogP contribution in [0.3, 0.4) is 0 Å². The number of carboxylic acids is 1. The van der Waals surface area contributed by atoms with Gasteiger partial charge in [0.2, 0.25) is 0 Å². The number of carbonyl (C=O) groups is 1. The average Bonchev–Trinajstić information content (AvgIpc) is 1.84. The minimum absolute atomic E-state index is 0. The lowest BCUT2D eigenvalue weighted by atomic mass is 10.1. The molecular weight excluding hydrogens is 156 g/mol. The second kappa shape index (κ2) is 6.38. The fraction of sp³-hybridized carbons (Fsp3) is 0.500. The molecular formula is C8H14N2O2. The summed E-state index contributed by atoms with van der Waals surface area (Å²) in [6.45, 7) is 3.80. The van der Waals surface area contributed by atoms with E-state index in [1.54, 1.807) is 6.08 Å². The van der Waals surface area contributed by atoms with E-state index in [1.165, 1.54) is 0 Å². The van der Waals surface area contributed by atoms with Crippen molar-refractivity contribution in [3.8, 4) is 6.07 Å². The number of nitriles is 1. The number of hydrogen-bond donors (Lipinski definition) is 2. The van der Waals surface area contributed by atoms with Gasteiger partial charge in [-0.2, -0.15) is 5.26 Å². The molecule has 0 aromatic rings. The molecule has 0 saturated carbocycles. The van der Waals surface area contributed by atoms with Gasteiger partial charge in [-0.1, -0.05) is 19.9 Å². The van der Waals surface area contributed by atoms with E-state index in [1.807, 2.05) is 19.9 Å². The molecule has 0 aliphatic rings. The van der Waals surface area contributed by atoms with Crippen molar-refractivity contribution in [1.82, 2.24) is 6.15 Å². The molecule has 0 aliphatic carbocycles. The molecule has 0 bridgehead atoms. The maximum absolute atomic E-state index is 10.2. The Bertz CT molecular complexity index is 214. The number of rotatable bonds is 3. The van der Waals surface area contributed by atoms with Crippen molar-refractivity contribution in [3.63, 3.8) is 0 Å². The van der Waals surface area contributed by atoms with Crippen LogP contribution in [0.5, 0.6) is 0 Å². The van der Waals surface area contributed by atoms with Crippen LogP contribution in [0.25, 0.3) is 0 Å². The second-order valence-corrected chi connectivity index (χ2v) is 2.62. The summed E-state index contributed by atoms with van der Waals surface area (Å²) in [5.74, 6) is -0.734. The van der Waals surface area contributed by atoms with Gasteiger partial charge < -0.3 is 11.3 Å². The summed E-state index contributed by atoms with van der Waals surface area (Å²) in [5.41, 5.74) is 0.326. The van der Waals surface area contributed by atoms with Gasteiger partial charge in [-0.3, -0.25) is 4.79 Å². The lowest BCUT2D eigenvalue weighted by Gasteiger charge is -1.96. The molecule has 0 atom stereocenters. The number of nitrogens with zero attached hydrogens (tertiary/aromatic N) is 1. The SMILES string of the molecule is CC(C)/C=C(\C#N)CC(=O)O.N. The fourth-order valence-electron chi connectivity index (χ4n) is 0.701. The zero-order valence-electron chi connectivity index (χ0n) is 7.37. The van der Waals surface area contributed by atoms with Crippen molar-refractivity contribution in [2.24, 2.45) is 5.92 Å². The van der Waals surface area contributed by atoms with E-state index < -0.39 is 5.97 Å². The summed E-state index contributed by atoms with van der Waals surface area (Å²) in [5, 5.41) is 16.8. The van der Waals surface area contributed by atoms with Gasteiger partial charge in [0.25, 0.3) is 0 Å². The standard InChI is InChI=1S/C8H11NO2.H3N/c1-6(2)3-7(5-9)4-8(10)11;/h3,6H,4H2,1-2H3,(H,10,11);1H3/b7-3-;. The van der Waals surface area contributed by atoms with E-state index in [0.717, 1.165) is 0 Å². The molecule has 4 heteroatoms. The summed E-state index contributed by atoms with van der Waals surface area (Å²) in [6.07, 6.45) is 1.49. The van der Waals surface area contributed by atoms with Gasteiger partial charge >= 0.3 is 5.97 Å². The first-order valence-corrected chi connectivity index (χ1v) is 3.39. The summed E-state index contributed by atoms with van der Waals surface area (Å²) >= 11 is 0. The van der Waals surface area contributed by atoms with Crippen LogP contribution in [-0.2, 0) is 4.79 Å². The highest BCUT2D eigenvalue weighted by molar-refractivity contribution is 5.71. The molecule has 0 rings (SSSR count). The van der Waals surface area contributed by atoms with E-state index in [-0.39, 0.29) is 18.5 Å². The quantitative estimate of drug-likeness (QED) is 0.630. The van der Waals surface area contributed by atoms with Crippen molar-refractivity contribution in [2.75, 3.05) is 0 Å². The van der Waals surface area contributed by atoms with Gasteiger partial charge in [-0.25, -0.2) is 0 Å². The zero-order chi connectivity index (χ0) is 8.85. The van der Waals surface area contributed by atoms with Crippen LogP contribution in [0.15, 0.2) is 11.6 Å². The molecule has 0 spiro atoms. The summed E-state index contributed by atoms with van der Waals surface area (Å²) < 4.78 is 0. The number of carboxylic acid groups (broad SMARTS) is 1. The second-order valence-electron chi connectivity index (χ2n) is 2.62. The first kappa shape index (κ1) is 13.3. The van der Waals surface area contributed by atoms with Crippen LogP contribution >= 0.6 is 0 Å². The normalized spacial score (nSPS) is 10.3. The molecule has 0 unspecified atom stereocenters. The lowest BCUT2D eigenvalue weighted by Crippen LogP contribution is -1.97. The van der Waals surface area contributed by atoms with Crippen LogP contribution in [0.2, 0.25) is 0 Å². The van der Waals surface area contributed by atoms with Crippen molar-refractivity contribution >= 4 is 5.97 Å². The topological polar surface area (TPSA) is 96.1 Å². The Morgan fingerprint density at radius 2 is 2.17 bits per heavy atom. The van der Waals surface area contributed by atoms with E-state index in [4.69, 9.17) is 10.4 Å². The Balaban J connectivity index is 0. The molecule has 68 valence electrons. The molecule has 0 aromatic carbocycles. The van der Waals surface area contributed by atoms with Gasteiger partial charge in [0.15, 0.2) is 0 Å². The molecule has 0 saturated heterocycles. The Hall–Kier alpha value is -1.34. The summed E-state index contributed by atoms with van der Waals surface area (Å²) in [4.78, 5) is 10.2. The van der Waals surface area contributed by atoms with Crippen molar-refractivity contribution in [1.29, 1.82) is 5.26 Å². The zero-order valence-corrected chi connectivity index (χ0v) is 7.37.